The lowest BCUT2D eigenvalue weighted by molar-refractivity contribution is -0.119. The van der Waals surface area contributed by atoms with Crippen molar-refractivity contribution in [2.45, 2.75) is 56.2 Å². The van der Waals surface area contributed by atoms with Gasteiger partial charge < -0.3 is 15.5 Å². The monoisotopic (exact) mass is 419 g/mol. The summed E-state index contributed by atoms with van der Waals surface area (Å²) in [6, 6.07) is 4.75. The van der Waals surface area contributed by atoms with Crippen LogP contribution >= 0.6 is 21.6 Å². The van der Waals surface area contributed by atoms with Crippen molar-refractivity contribution in [1.29, 1.82) is 0 Å². The van der Waals surface area contributed by atoms with Crippen molar-refractivity contribution in [1.82, 2.24) is 4.90 Å². The van der Waals surface area contributed by atoms with Gasteiger partial charge in [0.1, 0.15) is 6.04 Å². The molecule has 3 aliphatic rings. The van der Waals surface area contributed by atoms with Crippen LogP contribution in [0.5, 0.6) is 0 Å². The zero-order chi connectivity index (χ0) is 19.5. The number of hydrogen-bond acceptors (Lipinski definition) is 5. The lowest BCUT2D eigenvalue weighted by atomic mass is 10.1. The Morgan fingerprint density at radius 2 is 2.14 bits per heavy atom. The van der Waals surface area contributed by atoms with Crippen molar-refractivity contribution >= 4 is 50.7 Å². The zero-order valence-corrected chi connectivity index (χ0v) is 17.4. The van der Waals surface area contributed by atoms with E-state index in [4.69, 9.17) is 0 Å². The molecule has 6 nitrogen and oxygen atoms in total. The van der Waals surface area contributed by atoms with Crippen molar-refractivity contribution in [2.24, 2.45) is 0 Å². The van der Waals surface area contributed by atoms with Crippen molar-refractivity contribution < 1.29 is 14.4 Å². The highest BCUT2D eigenvalue weighted by Gasteiger charge is 2.38. The van der Waals surface area contributed by atoms with Crippen molar-refractivity contribution in [3.05, 3.63) is 23.8 Å². The largest absolute Gasteiger partial charge is 0.327 e. The summed E-state index contributed by atoms with van der Waals surface area (Å²) in [5.74, 6) is 0.947. The topological polar surface area (TPSA) is 78.5 Å². The maximum atomic E-state index is 12.9. The molecule has 4 rings (SSSR count). The van der Waals surface area contributed by atoms with Crippen LogP contribution in [0.4, 0.5) is 11.4 Å². The van der Waals surface area contributed by atoms with Gasteiger partial charge in [-0.2, -0.15) is 0 Å². The maximum Gasteiger partial charge on any atom is 0.256 e. The molecule has 0 saturated carbocycles. The molecule has 2 atom stereocenters. The van der Waals surface area contributed by atoms with E-state index in [9.17, 15) is 14.4 Å². The number of fused-ring (bicyclic) bond motifs is 2. The van der Waals surface area contributed by atoms with E-state index in [-0.39, 0.29) is 23.8 Å². The van der Waals surface area contributed by atoms with Crippen LogP contribution in [0.15, 0.2) is 18.2 Å². The smallest absolute Gasteiger partial charge is 0.256 e. The highest BCUT2D eigenvalue weighted by Crippen LogP contribution is 2.40. The number of carbonyl (C=O) groups is 3. The predicted octanol–water partition coefficient (Wildman–Crippen LogP) is 3.90. The van der Waals surface area contributed by atoms with E-state index in [0.29, 0.717) is 36.3 Å². The van der Waals surface area contributed by atoms with Crippen molar-refractivity contribution in [3.8, 4) is 0 Å². The molecular weight excluding hydrogens is 394 g/mol. The van der Waals surface area contributed by atoms with Crippen LogP contribution in [0.3, 0.4) is 0 Å². The van der Waals surface area contributed by atoms with E-state index in [1.807, 2.05) is 21.6 Å². The van der Waals surface area contributed by atoms with Crippen molar-refractivity contribution in [2.75, 3.05) is 22.9 Å². The average molecular weight is 420 g/mol. The number of unbranched alkanes of at least 4 members (excludes halogenated alkanes) is 1. The second kappa shape index (κ2) is 8.78. The van der Waals surface area contributed by atoms with Gasteiger partial charge in [0, 0.05) is 29.7 Å². The lowest BCUT2D eigenvalue weighted by Crippen LogP contribution is -2.40. The number of rotatable bonds is 6. The van der Waals surface area contributed by atoms with E-state index in [1.54, 1.807) is 23.1 Å². The fraction of sp³-hybridized carbons (Fsp3) is 0.550. The Hall–Kier alpha value is -1.67. The van der Waals surface area contributed by atoms with E-state index in [0.717, 1.165) is 24.5 Å². The molecular formula is C20H25N3O3S2. The fourth-order valence-corrected chi connectivity index (χ4v) is 7.03. The van der Waals surface area contributed by atoms with E-state index in [1.165, 1.54) is 18.6 Å². The quantitative estimate of drug-likeness (QED) is 0.540. The molecule has 8 heteroatoms. The second-order valence-electron chi connectivity index (χ2n) is 7.53. The van der Waals surface area contributed by atoms with Crippen molar-refractivity contribution in [3.63, 3.8) is 0 Å². The first-order valence-electron chi connectivity index (χ1n) is 9.96. The zero-order valence-electron chi connectivity index (χ0n) is 15.7. The SMILES string of the molecule is O=C(CCCC[C@@H]1CCSS1)Nc1ccc2c(c1)C(=O)N1CCC[C@H]1C(=O)N2. The predicted molar refractivity (Wildman–Crippen MR) is 115 cm³/mol. The molecule has 1 aromatic carbocycles. The van der Waals surface area contributed by atoms with Gasteiger partial charge in [-0.25, -0.2) is 0 Å². The third kappa shape index (κ3) is 4.33. The molecule has 0 aliphatic carbocycles. The normalized spacial score (nSPS) is 23.8. The first-order valence-corrected chi connectivity index (χ1v) is 12.3. The molecule has 0 spiro atoms. The molecule has 3 amide bonds. The van der Waals surface area contributed by atoms with Gasteiger partial charge in [0.05, 0.1) is 11.3 Å². The highest BCUT2D eigenvalue weighted by atomic mass is 33.1. The molecule has 0 radical (unpaired) electrons. The third-order valence-corrected chi connectivity index (χ3v) is 8.52. The summed E-state index contributed by atoms with van der Waals surface area (Å²) in [5, 5.41) is 6.50. The van der Waals surface area contributed by atoms with Crippen LogP contribution in [-0.2, 0) is 9.59 Å². The number of amides is 3. The van der Waals surface area contributed by atoms with Gasteiger partial charge in [-0.05, 0) is 50.3 Å². The molecule has 3 heterocycles. The average Bonchev–Trinajstić information content (AvgIpc) is 3.36. The lowest BCUT2D eigenvalue weighted by Gasteiger charge is -2.20. The molecule has 3 aliphatic heterocycles. The molecule has 0 bridgehead atoms. The Morgan fingerprint density at radius 3 is 2.96 bits per heavy atom. The van der Waals surface area contributed by atoms with Gasteiger partial charge in [0.25, 0.3) is 5.91 Å². The standard InChI is InChI=1S/C20H25N3O3S2/c24-18(6-2-1-4-14-9-11-27-28-14)21-13-7-8-16-15(12-13)20(26)23-10-3-5-17(23)19(25)22-16/h7-8,12,14,17H,1-6,9-11H2,(H,21,24)(H,22,25)/t14-,17+/m1/s1. The number of nitrogens with one attached hydrogen (secondary N) is 2. The van der Waals surface area contributed by atoms with Gasteiger partial charge >= 0.3 is 0 Å². The first-order chi connectivity index (χ1) is 13.6. The third-order valence-electron chi connectivity index (χ3n) is 5.52. The minimum atomic E-state index is -0.380. The van der Waals surface area contributed by atoms with Crippen LogP contribution in [-0.4, -0.2) is 46.2 Å². The number of carbonyl (C=O) groups excluding carboxylic acids is 3. The Balaban J connectivity index is 1.34. The van der Waals surface area contributed by atoms with Gasteiger partial charge in [-0.15, -0.1) is 0 Å². The van der Waals surface area contributed by atoms with Crippen LogP contribution in [0.25, 0.3) is 0 Å². The number of nitrogens with zero attached hydrogens (tertiary/aromatic N) is 1. The molecule has 2 fully saturated rings. The second-order valence-corrected chi connectivity index (χ2v) is 10.3. The molecule has 150 valence electrons. The molecule has 0 unspecified atom stereocenters. The number of hydrogen-bond donors (Lipinski definition) is 2. The van der Waals surface area contributed by atoms with Crippen LogP contribution in [0.2, 0.25) is 0 Å². The molecule has 0 aromatic heterocycles. The van der Waals surface area contributed by atoms with Gasteiger partial charge in [-0.1, -0.05) is 28.0 Å². The summed E-state index contributed by atoms with van der Waals surface area (Å²) in [4.78, 5) is 39.1. The molecule has 28 heavy (non-hydrogen) atoms. The minimum absolute atomic E-state index is 0.0300. The Bertz CT molecular complexity index is 780. The summed E-state index contributed by atoms with van der Waals surface area (Å²) < 4.78 is 0. The summed E-state index contributed by atoms with van der Waals surface area (Å²) in [6.45, 7) is 0.602. The Morgan fingerprint density at radius 1 is 1.25 bits per heavy atom. The number of anilines is 2. The summed E-state index contributed by atoms with van der Waals surface area (Å²) >= 11 is 0. The summed E-state index contributed by atoms with van der Waals surface area (Å²) in [7, 11) is 3.92. The molecule has 1 aromatic rings. The highest BCUT2D eigenvalue weighted by molar-refractivity contribution is 8.77. The Labute approximate surface area is 173 Å². The maximum absolute atomic E-state index is 12.9. The van der Waals surface area contributed by atoms with Crippen LogP contribution in [0.1, 0.15) is 55.3 Å². The molecule has 2 saturated heterocycles. The molecule has 2 N–H and O–H groups in total. The minimum Gasteiger partial charge on any atom is -0.327 e. The van der Waals surface area contributed by atoms with Crippen LogP contribution < -0.4 is 10.6 Å². The van der Waals surface area contributed by atoms with Gasteiger partial charge in [-0.3, -0.25) is 14.4 Å². The van der Waals surface area contributed by atoms with Gasteiger partial charge in [0.2, 0.25) is 11.8 Å². The van der Waals surface area contributed by atoms with Gasteiger partial charge in [0.15, 0.2) is 0 Å². The number of benzene rings is 1. The fourth-order valence-electron chi connectivity index (χ4n) is 4.01. The first kappa shape index (κ1) is 19.6. The van der Waals surface area contributed by atoms with E-state index < -0.39 is 0 Å². The summed E-state index contributed by atoms with van der Waals surface area (Å²) in [6.07, 6.45) is 6.43. The Kier molecular flexibility index (Phi) is 6.16. The van der Waals surface area contributed by atoms with E-state index >= 15 is 0 Å². The van der Waals surface area contributed by atoms with E-state index in [2.05, 4.69) is 10.6 Å². The summed E-state index contributed by atoms with van der Waals surface area (Å²) in [5.41, 5.74) is 1.58. The van der Waals surface area contributed by atoms with Crippen LogP contribution in [0, 0.1) is 0 Å².